The van der Waals surface area contributed by atoms with Gasteiger partial charge < -0.3 is 18.9 Å². The van der Waals surface area contributed by atoms with Gasteiger partial charge in [0.05, 0.1) is 18.3 Å². The van der Waals surface area contributed by atoms with Gasteiger partial charge in [0.15, 0.2) is 0 Å². The van der Waals surface area contributed by atoms with Crippen LogP contribution in [0.3, 0.4) is 0 Å². The Kier molecular flexibility index (Phi) is 4.40. The van der Waals surface area contributed by atoms with Crippen LogP contribution in [0.2, 0.25) is 0 Å². The van der Waals surface area contributed by atoms with E-state index in [4.69, 9.17) is 18.9 Å². The molecule has 0 spiro atoms. The molecule has 94 valence electrons. The number of methoxy groups -OCH3 is 2. The molecule has 0 aliphatic carbocycles. The molecule has 0 N–H and O–H groups in total. The zero-order chi connectivity index (χ0) is 12.4. The predicted octanol–water partition coefficient (Wildman–Crippen LogP) is 0.191. The highest BCUT2D eigenvalue weighted by atomic mass is 16.6. The minimum absolute atomic E-state index is 0.00157. The number of rotatable bonds is 5. The van der Waals surface area contributed by atoms with Gasteiger partial charge >= 0.3 is 0 Å². The molecule has 16 heavy (non-hydrogen) atoms. The maximum atomic E-state index is 5.95. The van der Waals surface area contributed by atoms with Crippen molar-refractivity contribution in [2.75, 3.05) is 27.3 Å². The van der Waals surface area contributed by atoms with Crippen LogP contribution in [-0.2, 0) is 18.9 Å². The summed E-state index contributed by atoms with van der Waals surface area (Å²) in [5.74, 6) is 0. The van der Waals surface area contributed by atoms with E-state index in [0.717, 1.165) is 0 Å². The van der Waals surface area contributed by atoms with E-state index in [2.05, 4.69) is 0 Å². The maximum Gasteiger partial charge on any atom is 0.147 e. The molecule has 1 heterocycles. The van der Waals surface area contributed by atoms with Crippen molar-refractivity contribution in [3.63, 3.8) is 0 Å². The minimum atomic E-state index is -0.537. The Bertz CT molecular complexity index is 226. The molecular formula is C11H23BO4. The van der Waals surface area contributed by atoms with Gasteiger partial charge in [0, 0.05) is 20.7 Å². The molecule has 5 heteroatoms. The highest BCUT2D eigenvalue weighted by Crippen LogP contribution is 2.43. The lowest BCUT2D eigenvalue weighted by atomic mass is 9.82. The van der Waals surface area contributed by atoms with Gasteiger partial charge in [-0.25, -0.2) is 0 Å². The molecule has 1 saturated heterocycles. The van der Waals surface area contributed by atoms with Gasteiger partial charge in [-0.15, -0.1) is 0 Å². The summed E-state index contributed by atoms with van der Waals surface area (Å²) in [5, 5.41) is 0. The van der Waals surface area contributed by atoms with Crippen LogP contribution >= 0.6 is 0 Å². The molecule has 0 aromatic heterocycles. The smallest absolute Gasteiger partial charge is 0.147 e. The third-order valence-corrected chi connectivity index (χ3v) is 3.40. The number of ether oxygens (including phenoxy) is 4. The molecule has 0 radical (unpaired) electrons. The van der Waals surface area contributed by atoms with E-state index in [-0.39, 0.29) is 12.2 Å². The van der Waals surface area contributed by atoms with Crippen molar-refractivity contribution < 1.29 is 18.9 Å². The summed E-state index contributed by atoms with van der Waals surface area (Å²) in [7, 11) is 5.34. The van der Waals surface area contributed by atoms with Crippen molar-refractivity contribution in [2.45, 2.75) is 44.2 Å². The van der Waals surface area contributed by atoms with Crippen LogP contribution in [0.5, 0.6) is 0 Å². The SMILES string of the molecule is BCO[C@]1(COC)[C@@H](OC)[C@H](C)OC1(C)C. The normalized spacial score (nSPS) is 37.8. The van der Waals surface area contributed by atoms with Crippen molar-refractivity contribution in [3.05, 3.63) is 0 Å². The van der Waals surface area contributed by atoms with Crippen molar-refractivity contribution in [3.8, 4) is 0 Å². The summed E-state index contributed by atoms with van der Waals surface area (Å²) >= 11 is 0. The molecule has 0 bridgehead atoms. The van der Waals surface area contributed by atoms with Crippen LogP contribution in [0.25, 0.3) is 0 Å². The Morgan fingerprint density at radius 3 is 2.38 bits per heavy atom. The molecule has 4 nitrogen and oxygen atoms in total. The quantitative estimate of drug-likeness (QED) is 0.632. The predicted molar refractivity (Wildman–Crippen MR) is 64.5 cm³/mol. The second-order valence-corrected chi connectivity index (χ2v) is 4.75. The average molecular weight is 230 g/mol. The first-order chi connectivity index (χ1) is 7.45. The topological polar surface area (TPSA) is 36.9 Å². The van der Waals surface area contributed by atoms with Crippen molar-refractivity contribution >= 4 is 7.85 Å². The molecule has 0 aromatic carbocycles. The van der Waals surface area contributed by atoms with Crippen molar-refractivity contribution in [1.29, 1.82) is 0 Å². The van der Waals surface area contributed by atoms with Crippen molar-refractivity contribution in [1.82, 2.24) is 0 Å². The first kappa shape index (κ1) is 14.0. The number of hydrogen-bond acceptors (Lipinski definition) is 4. The van der Waals surface area contributed by atoms with Gasteiger partial charge in [0.1, 0.15) is 19.6 Å². The third-order valence-electron chi connectivity index (χ3n) is 3.40. The van der Waals surface area contributed by atoms with Crippen LogP contribution in [0.15, 0.2) is 0 Å². The monoisotopic (exact) mass is 230 g/mol. The van der Waals surface area contributed by atoms with Crippen molar-refractivity contribution in [2.24, 2.45) is 0 Å². The molecule has 1 aliphatic rings. The fourth-order valence-electron chi connectivity index (χ4n) is 2.76. The third kappa shape index (κ3) is 2.01. The van der Waals surface area contributed by atoms with Gasteiger partial charge in [-0.3, -0.25) is 0 Å². The summed E-state index contributed by atoms with van der Waals surface area (Å²) in [6.07, 6.45) is -0.107. The van der Waals surface area contributed by atoms with E-state index in [0.29, 0.717) is 13.1 Å². The second kappa shape index (κ2) is 5.04. The first-order valence-electron chi connectivity index (χ1n) is 5.78. The standard InChI is InChI=1S/C11H23BO4/c1-8-9(14-5)11(6-13-4,15-7-12)10(2,3)16-8/h8-9H,6-7,12H2,1-5H3/t8-,9-,11+/m0/s1. The second-order valence-electron chi connectivity index (χ2n) is 4.75. The molecule has 1 rings (SSSR count). The molecular weight excluding hydrogens is 207 g/mol. The summed E-state index contributed by atoms with van der Waals surface area (Å²) < 4.78 is 22.8. The Morgan fingerprint density at radius 2 is 1.94 bits per heavy atom. The van der Waals surface area contributed by atoms with Crippen LogP contribution < -0.4 is 0 Å². The van der Waals surface area contributed by atoms with Gasteiger partial charge in [0.25, 0.3) is 0 Å². The summed E-state index contributed by atoms with van der Waals surface area (Å²) in [5.41, 5.74) is -0.955. The van der Waals surface area contributed by atoms with E-state index in [1.807, 2.05) is 28.6 Å². The summed E-state index contributed by atoms with van der Waals surface area (Å²) in [4.78, 5) is 0. The lowest BCUT2D eigenvalue weighted by Gasteiger charge is -2.41. The Labute approximate surface area is 99.0 Å². The van der Waals surface area contributed by atoms with E-state index >= 15 is 0 Å². The molecule has 0 saturated carbocycles. The number of hydrogen-bond donors (Lipinski definition) is 0. The van der Waals surface area contributed by atoms with Crippen LogP contribution in [0.4, 0.5) is 0 Å². The van der Waals surface area contributed by atoms with Crippen LogP contribution in [0, 0.1) is 0 Å². The van der Waals surface area contributed by atoms with Gasteiger partial charge in [-0.1, -0.05) is 0 Å². The van der Waals surface area contributed by atoms with Gasteiger partial charge in [0.2, 0.25) is 0 Å². The fraction of sp³-hybridized carbons (Fsp3) is 1.00. The Hall–Kier alpha value is -0.0951. The summed E-state index contributed by atoms with van der Waals surface area (Å²) in [6, 6.07) is 0. The molecule has 1 fully saturated rings. The zero-order valence-corrected chi connectivity index (χ0v) is 11.2. The first-order valence-corrected chi connectivity index (χ1v) is 5.78. The van der Waals surface area contributed by atoms with Gasteiger partial charge in [-0.2, -0.15) is 0 Å². The molecule has 1 aliphatic heterocycles. The lowest BCUT2D eigenvalue weighted by Crippen LogP contribution is -2.59. The van der Waals surface area contributed by atoms with E-state index in [9.17, 15) is 0 Å². The highest BCUT2D eigenvalue weighted by Gasteiger charge is 2.61. The largest absolute Gasteiger partial charge is 0.381 e. The maximum absolute atomic E-state index is 5.95. The Balaban J connectivity index is 3.07. The average Bonchev–Trinajstić information content (AvgIpc) is 2.35. The van der Waals surface area contributed by atoms with Gasteiger partial charge in [-0.05, 0) is 20.8 Å². The van der Waals surface area contributed by atoms with E-state index < -0.39 is 11.2 Å². The highest BCUT2D eigenvalue weighted by molar-refractivity contribution is 6.08. The summed E-state index contributed by atoms with van der Waals surface area (Å²) in [6.45, 7) is 7.14. The molecule has 0 unspecified atom stereocenters. The van der Waals surface area contributed by atoms with Crippen LogP contribution in [0.1, 0.15) is 20.8 Å². The molecule has 0 amide bonds. The minimum Gasteiger partial charge on any atom is -0.381 e. The fourth-order valence-corrected chi connectivity index (χ4v) is 2.76. The van der Waals surface area contributed by atoms with E-state index in [1.165, 1.54) is 0 Å². The van der Waals surface area contributed by atoms with Crippen LogP contribution in [-0.4, -0.2) is 58.6 Å². The Morgan fingerprint density at radius 1 is 1.31 bits per heavy atom. The lowest BCUT2D eigenvalue weighted by molar-refractivity contribution is -0.181. The zero-order valence-electron chi connectivity index (χ0n) is 11.2. The molecule has 0 aromatic rings. The van der Waals surface area contributed by atoms with E-state index in [1.54, 1.807) is 14.2 Å². The molecule has 3 atom stereocenters.